The standard InChI is InChI=1S/C28H41NO6S/c1-27-13-10-18(30)16-17(27)4-5-19-20-6-7-23(28(20,2)14-11-21(19)27)35-25(32)9-8-24(31)29-22(26(33)34)12-15-36-3/h16,19-23H,4-15H2,1-3H3,(H,29,31)(H,33,34)/t19-,20-,21-,22+,23+,27+,28+/m1/s1. The highest BCUT2D eigenvalue weighted by Gasteiger charge is 2.59. The van der Waals surface area contributed by atoms with Crippen molar-refractivity contribution in [1.29, 1.82) is 0 Å². The van der Waals surface area contributed by atoms with Gasteiger partial charge in [0.15, 0.2) is 5.78 Å². The number of fused-ring (bicyclic) bond motifs is 5. The number of aliphatic carboxylic acids is 1. The zero-order valence-electron chi connectivity index (χ0n) is 21.8. The summed E-state index contributed by atoms with van der Waals surface area (Å²) in [6.45, 7) is 4.66. The second kappa shape index (κ2) is 10.9. The number of ketones is 1. The van der Waals surface area contributed by atoms with Crippen LogP contribution >= 0.6 is 11.8 Å². The lowest BCUT2D eigenvalue weighted by molar-refractivity contribution is -0.160. The number of hydrogen-bond donors (Lipinski definition) is 2. The van der Waals surface area contributed by atoms with Crippen LogP contribution in [-0.2, 0) is 23.9 Å². The molecule has 3 fully saturated rings. The van der Waals surface area contributed by atoms with E-state index < -0.39 is 17.9 Å². The van der Waals surface area contributed by atoms with Gasteiger partial charge in [0.2, 0.25) is 5.91 Å². The number of thioether (sulfide) groups is 1. The molecule has 8 heteroatoms. The molecule has 7 atom stereocenters. The summed E-state index contributed by atoms with van der Waals surface area (Å²) in [4.78, 5) is 48.4. The summed E-state index contributed by atoms with van der Waals surface area (Å²) in [5, 5.41) is 11.8. The van der Waals surface area contributed by atoms with Gasteiger partial charge in [-0.2, -0.15) is 11.8 Å². The Morgan fingerprint density at radius 1 is 1.11 bits per heavy atom. The predicted molar refractivity (Wildman–Crippen MR) is 138 cm³/mol. The highest BCUT2D eigenvalue weighted by Crippen LogP contribution is 2.65. The maximum absolute atomic E-state index is 12.7. The van der Waals surface area contributed by atoms with Gasteiger partial charge in [-0.3, -0.25) is 14.4 Å². The smallest absolute Gasteiger partial charge is 0.326 e. The van der Waals surface area contributed by atoms with Crippen LogP contribution in [-0.4, -0.2) is 52.9 Å². The Morgan fingerprint density at radius 2 is 1.89 bits per heavy atom. The maximum atomic E-state index is 12.7. The number of amides is 1. The SMILES string of the molecule is CSCC[C@H](NC(=O)CCC(=O)O[C@H]1CC[C@@H]2[C@H]3CCC4=CC(=O)CC[C@]4(C)[C@@H]3CC[C@]12C)C(=O)O. The van der Waals surface area contributed by atoms with Crippen molar-refractivity contribution in [2.75, 3.05) is 12.0 Å². The third-order valence-electron chi connectivity index (χ3n) is 9.95. The van der Waals surface area contributed by atoms with Gasteiger partial charge in [-0.1, -0.05) is 19.4 Å². The fraction of sp³-hybridized carbons (Fsp3) is 0.786. The van der Waals surface area contributed by atoms with Crippen molar-refractivity contribution >= 4 is 35.4 Å². The zero-order chi connectivity index (χ0) is 26.1. The average Bonchev–Trinajstić information content (AvgIpc) is 3.16. The van der Waals surface area contributed by atoms with E-state index in [0.717, 1.165) is 44.9 Å². The van der Waals surface area contributed by atoms with Crippen LogP contribution in [0.1, 0.15) is 84.5 Å². The van der Waals surface area contributed by atoms with Crippen LogP contribution in [0.2, 0.25) is 0 Å². The first kappa shape index (κ1) is 27.2. The number of nitrogens with one attached hydrogen (secondary N) is 1. The van der Waals surface area contributed by atoms with Crippen molar-refractivity contribution in [1.82, 2.24) is 5.32 Å². The van der Waals surface area contributed by atoms with Gasteiger partial charge >= 0.3 is 11.9 Å². The predicted octanol–water partition coefficient (Wildman–Crippen LogP) is 4.53. The molecular formula is C28H41NO6S. The topological polar surface area (TPSA) is 110 Å². The van der Waals surface area contributed by atoms with Crippen LogP contribution in [0, 0.1) is 28.6 Å². The van der Waals surface area contributed by atoms with Crippen LogP contribution in [0.3, 0.4) is 0 Å². The van der Waals surface area contributed by atoms with E-state index in [9.17, 15) is 24.3 Å². The van der Waals surface area contributed by atoms with Crippen molar-refractivity contribution in [3.63, 3.8) is 0 Å². The first-order chi connectivity index (χ1) is 17.1. The number of carbonyl (C=O) groups is 4. The van der Waals surface area contributed by atoms with Crippen molar-refractivity contribution in [3.8, 4) is 0 Å². The third-order valence-corrected chi connectivity index (χ3v) is 10.6. The van der Waals surface area contributed by atoms with E-state index in [1.165, 1.54) is 17.3 Å². The highest BCUT2D eigenvalue weighted by atomic mass is 32.2. The van der Waals surface area contributed by atoms with Crippen LogP contribution in [0.15, 0.2) is 11.6 Å². The Hall–Kier alpha value is -1.83. The summed E-state index contributed by atoms with van der Waals surface area (Å²) in [7, 11) is 0. The molecule has 0 aliphatic heterocycles. The molecule has 4 aliphatic rings. The normalized spacial score (nSPS) is 36.1. The minimum atomic E-state index is -1.06. The number of allylic oxidation sites excluding steroid dienone is 1. The maximum Gasteiger partial charge on any atom is 0.326 e. The molecule has 200 valence electrons. The van der Waals surface area contributed by atoms with Crippen LogP contribution in [0.4, 0.5) is 0 Å². The van der Waals surface area contributed by atoms with Gasteiger partial charge in [0, 0.05) is 18.3 Å². The van der Waals surface area contributed by atoms with Crippen LogP contribution in [0.5, 0.6) is 0 Å². The lowest BCUT2D eigenvalue weighted by Crippen LogP contribution is -2.51. The second-order valence-corrected chi connectivity index (χ2v) is 12.8. The molecule has 0 radical (unpaired) electrons. The van der Waals surface area contributed by atoms with Gasteiger partial charge in [-0.15, -0.1) is 0 Å². The highest BCUT2D eigenvalue weighted by molar-refractivity contribution is 7.98. The summed E-state index contributed by atoms with van der Waals surface area (Å²) >= 11 is 1.53. The van der Waals surface area contributed by atoms with E-state index in [-0.39, 0.29) is 41.5 Å². The monoisotopic (exact) mass is 519 g/mol. The van der Waals surface area contributed by atoms with E-state index >= 15 is 0 Å². The summed E-state index contributed by atoms with van der Waals surface area (Å²) in [6.07, 6.45) is 11.7. The minimum Gasteiger partial charge on any atom is -0.480 e. The average molecular weight is 520 g/mol. The van der Waals surface area contributed by atoms with Crippen molar-refractivity contribution in [2.45, 2.75) is 96.6 Å². The molecule has 0 aromatic rings. The Morgan fingerprint density at radius 3 is 2.61 bits per heavy atom. The quantitative estimate of drug-likeness (QED) is 0.431. The van der Waals surface area contributed by atoms with Gasteiger partial charge < -0.3 is 15.2 Å². The number of ether oxygens (including phenoxy) is 1. The van der Waals surface area contributed by atoms with Gasteiger partial charge in [0.1, 0.15) is 12.1 Å². The fourth-order valence-electron chi connectivity index (χ4n) is 7.90. The summed E-state index contributed by atoms with van der Waals surface area (Å²) in [5.41, 5.74) is 1.44. The molecule has 4 aliphatic carbocycles. The summed E-state index contributed by atoms with van der Waals surface area (Å²) < 4.78 is 5.98. The van der Waals surface area contributed by atoms with Crippen LogP contribution in [0.25, 0.3) is 0 Å². The first-order valence-corrected chi connectivity index (χ1v) is 14.9. The summed E-state index contributed by atoms with van der Waals surface area (Å²) in [5.74, 6) is 0.765. The Bertz CT molecular complexity index is 933. The Balaban J connectivity index is 1.32. The molecule has 0 saturated heterocycles. The third kappa shape index (κ3) is 5.25. The minimum absolute atomic E-state index is 0.0374. The molecular weight excluding hydrogens is 478 g/mol. The van der Waals surface area contributed by atoms with E-state index in [1.807, 2.05) is 12.3 Å². The molecule has 0 spiro atoms. The summed E-state index contributed by atoms with van der Waals surface area (Å²) in [6, 6.07) is -0.930. The van der Waals surface area contributed by atoms with Gasteiger partial charge in [-0.25, -0.2) is 4.79 Å². The second-order valence-electron chi connectivity index (χ2n) is 11.8. The number of hydrogen-bond acceptors (Lipinski definition) is 6. The van der Waals surface area contributed by atoms with Crippen molar-refractivity contribution < 1.29 is 29.0 Å². The van der Waals surface area contributed by atoms with Gasteiger partial charge in [0.25, 0.3) is 0 Å². The molecule has 0 aromatic carbocycles. The Kier molecular flexibility index (Phi) is 8.22. The first-order valence-electron chi connectivity index (χ1n) is 13.5. The molecule has 0 bridgehead atoms. The van der Waals surface area contributed by atoms with E-state index in [1.54, 1.807) is 0 Å². The molecule has 4 rings (SSSR count). The zero-order valence-corrected chi connectivity index (χ0v) is 22.7. The van der Waals surface area contributed by atoms with E-state index in [4.69, 9.17) is 4.74 Å². The number of carboxylic acid groups (broad SMARTS) is 1. The molecule has 3 saturated carbocycles. The fourth-order valence-corrected chi connectivity index (χ4v) is 8.37. The van der Waals surface area contributed by atoms with E-state index in [2.05, 4.69) is 19.2 Å². The molecule has 7 nitrogen and oxygen atoms in total. The number of rotatable bonds is 9. The van der Waals surface area contributed by atoms with Crippen molar-refractivity contribution in [2.24, 2.45) is 28.6 Å². The number of esters is 1. The van der Waals surface area contributed by atoms with Crippen LogP contribution < -0.4 is 5.32 Å². The van der Waals surface area contributed by atoms with Gasteiger partial charge in [0.05, 0.1) is 6.42 Å². The number of carboxylic acids is 1. The number of carbonyl (C=O) groups excluding carboxylic acids is 3. The molecule has 1 amide bonds. The largest absolute Gasteiger partial charge is 0.480 e. The Labute approximate surface area is 218 Å². The lowest BCUT2D eigenvalue weighted by Gasteiger charge is -2.57. The van der Waals surface area contributed by atoms with E-state index in [0.29, 0.717) is 36.3 Å². The lowest BCUT2D eigenvalue weighted by atomic mass is 9.47. The van der Waals surface area contributed by atoms with Gasteiger partial charge in [-0.05, 0) is 92.6 Å². The molecule has 0 aromatic heterocycles. The molecule has 2 N–H and O–H groups in total. The molecule has 0 heterocycles. The molecule has 36 heavy (non-hydrogen) atoms. The van der Waals surface area contributed by atoms with Crippen molar-refractivity contribution in [3.05, 3.63) is 11.6 Å². The molecule has 0 unspecified atom stereocenters.